The summed E-state index contributed by atoms with van der Waals surface area (Å²) in [7, 11) is 0. The van der Waals surface area contributed by atoms with Crippen LogP contribution in [0.2, 0.25) is 0 Å². The van der Waals surface area contributed by atoms with E-state index in [4.69, 9.17) is 0 Å². The second-order valence-electron chi connectivity index (χ2n) is 7.14. The molecule has 0 radical (unpaired) electrons. The first kappa shape index (κ1) is 22.7. The number of carbonyl (C=O) groups excluding carboxylic acids is 1. The minimum Gasteiger partial charge on any atom is -0.357 e. The molecule has 5 nitrogen and oxygen atoms in total. The minimum absolute atomic E-state index is 0. The van der Waals surface area contributed by atoms with Gasteiger partial charge < -0.3 is 16.0 Å². The summed E-state index contributed by atoms with van der Waals surface area (Å²) in [4.78, 5) is 16.9. The van der Waals surface area contributed by atoms with Crippen LogP contribution in [0.3, 0.4) is 0 Å². The fourth-order valence-electron chi connectivity index (χ4n) is 2.99. The van der Waals surface area contributed by atoms with Crippen molar-refractivity contribution >= 4 is 41.5 Å². The van der Waals surface area contributed by atoms with Gasteiger partial charge >= 0.3 is 0 Å². The van der Waals surface area contributed by atoms with Crippen LogP contribution in [-0.4, -0.2) is 25.0 Å². The Morgan fingerprint density at radius 3 is 2.62 bits per heavy atom. The molecule has 0 atom stereocenters. The number of rotatable bonds is 7. The molecule has 6 heteroatoms. The summed E-state index contributed by atoms with van der Waals surface area (Å²) < 4.78 is 0. The monoisotopic (exact) mass is 472 g/mol. The van der Waals surface area contributed by atoms with Crippen LogP contribution in [0.1, 0.15) is 52.0 Å². The van der Waals surface area contributed by atoms with E-state index in [-0.39, 0.29) is 35.8 Å². The van der Waals surface area contributed by atoms with E-state index in [1.807, 2.05) is 24.3 Å². The molecule has 1 saturated carbocycles. The summed E-state index contributed by atoms with van der Waals surface area (Å²) in [5.41, 5.74) is 1.95. The van der Waals surface area contributed by atoms with Crippen LogP contribution in [0.4, 0.5) is 5.69 Å². The van der Waals surface area contributed by atoms with Crippen molar-refractivity contribution in [3.63, 3.8) is 0 Å². The highest BCUT2D eigenvalue weighted by atomic mass is 127. The molecular formula is C20H33IN4O. The highest BCUT2D eigenvalue weighted by molar-refractivity contribution is 14.0. The van der Waals surface area contributed by atoms with E-state index in [2.05, 4.69) is 41.7 Å². The average molecular weight is 472 g/mol. The first-order chi connectivity index (χ1) is 12.1. The van der Waals surface area contributed by atoms with Gasteiger partial charge in [0.2, 0.25) is 5.91 Å². The molecule has 0 unspecified atom stereocenters. The van der Waals surface area contributed by atoms with Gasteiger partial charge in [-0.15, -0.1) is 24.0 Å². The van der Waals surface area contributed by atoms with Gasteiger partial charge in [0.1, 0.15) is 0 Å². The Morgan fingerprint density at radius 2 is 1.96 bits per heavy atom. The molecule has 3 N–H and O–H groups in total. The Kier molecular flexibility index (Phi) is 10.6. The van der Waals surface area contributed by atoms with Crippen LogP contribution in [0.5, 0.6) is 0 Å². The Balaban J connectivity index is 0.00000338. The molecule has 1 aromatic rings. The lowest BCUT2D eigenvalue weighted by molar-refractivity contribution is -0.119. The maximum atomic E-state index is 12.3. The number of nitrogens with one attached hydrogen (secondary N) is 3. The fraction of sp³-hybridized carbons (Fsp3) is 0.600. The number of amides is 1. The maximum absolute atomic E-state index is 12.3. The molecule has 2 rings (SSSR count). The smallest absolute Gasteiger partial charge is 0.227 e. The van der Waals surface area contributed by atoms with Crippen molar-refractivity contribution in [1.29, 1.82) is 0 Å². The molecule has 0 bridgehead atoms. The lowest BCUT2D eigenvalue weighted by Gasteiger charge is -2.13. The van der Waals surface area contributed by atoms with E-state index in [0.29, 0.717) is 12.5 Å². The molecule has 0 spiro atoms. The normalized spacial score (nSPS) is 14.8. The lowest BCUT2D eigenvalue weighted by Crippen LogP contribution is -2.39. The van der Waals surface area contributed by atoms with Crippen molar-refractivity contribution in [2.45, 2.75) is 53.0 Å². The van der Waals surface area contributed by atoms with E-state index in [1.54, 1.807) is 0 Å². The minimum atomic E-state index is 0. The van der Waals surface area contributed by atoms with Crippen molar-refractivity contribution in [3.8, 4) is 0 Å². The van der Waals surface area contributed by atoms with Crippen LogP contribution in [0, 0.1) is 11.8 Å². The van der Waals surface area contributed by atoms with Gasteiger partial charge in [0.05, 0.1) is 6.54 Å². The summed E-state index contributed by atoms with van der Waals surface area (Å²) in [6, 6.07) is 7.98. The van der Waals surface area contributed by atoms with Crippen molar-refractivity contribution in [2.24, 2.45) is 16.8 Å². The topological polar surface area (TPSA) is 65.5 Å². The Morgan fingerprint density at radius 1 is 1.23 bits per heavy atom. The largest absolute Gasteiger partial charge is 0.357 e. The summed E-state index contributed by atoms with van der Waals surface area (Å²) in [6.45, 7) is 8.72. The highest BCUT2D eigenvalue weighted by Gasteiger charge is 2.22. The molecule has 0 aliphatic heterocycles. The zero-order chi connectivity index (χ0) is 18.1. The maximum Gasteiger partial charge on any atom is 0.227 e. The number of anilines is 1. The Hall–Kier alpha value is -1.31. The molecule has 0 aromatic heterocycles. The summed E-state index contributed by atoms with van der Waals surface area (Å²) >= 11 is 0. The summed E-state index contributed by atoms with van der Waals surface area (Å²) in [5.74, 6) is 1.74. The highest BCUT2D eigenvalue weighted by Crippen LogP contribution is 2.26. The third-order valence-corrected chi connectivity index (χ3v) is 4.36. The van der Waals surface area contributed by atoms with Crippen molar-refractivity contribution in [2.75, 3.05) is 18.4 Å². The molecule has 1 amide bonds. The molecule has 0 saturated heterocycles. The Labute approximate surface area is 174 Å². The van der Waals surface area contributed by atoms with Crippen LogP contribution in [-0.2, 0) is 11.3 Å². The predicted molar refractivity (Wildman–Crippen MR) is 120 cm³/mol. The number of guanidine groups is 1. The number of benzene rings is 1. The quantitative estimate of drug-likeness (QED) is 0.318. The fourth-order valence-corrected chi connectivity index (χ4v) is 2.99. The molecular weight excluding hydrogens is 439 g/mol. The van der Waals surface area contributed by atoms with Crippen molar-refractivity contribution < 1.29 is 4.79 Å². The van der Waals surface area contributed by atoms with Crippen molar-refractivity contribution in [1.82, 2.24) is 10.6 Å². The van der Waals surface area contributed by atoms with Gasteiger partial charge in [-0.25, -0.2) is 4.99 Å². The second kappa shape index (κ2) is 12.1. The first-order valence-electron chi connectivity index (χ1n) is 9.50. The molecule has 1 fully saturated rings. The number of aliphatic imine (C=N–C) groups is 1. The van der Waals surface area contributed by atoms with E-state index >= 15 is 0 Å². The second-order valence-corrected chi connectivity index (χ2v) is 7.14. The van der Waals surface area contributed by atoms with Gasteiger partial charge in [-0.1, -0.05) is 38.8 Å². The number of halogens is 1. The Bertz CT molecular complexity index is 583. The van der Waals surface area contributed by atoms with E-state index in [1.165, 1.54) is 12.8 Å². The number of carbonyl (C=O) groups is 1. The number of hydrogen-bond donors (Lipinski definition) is 3. The molecule has 0 heterocycles. The number of nitrogens with zero attached hydrogens (tertiary/aromatic N) is 1. The predicted octanol–water partition coefficient (Wildman–Crippen LogP) is 4.14. The summed E-state index contributed by atoms with van der Waals surface area (Å²) in [6.07, 6.45) is 4.37. The van der Waals surface area contributed by atoms with Crippen LogP contribution < -0.4 is 16.0 Å². The van der Waals surface area contributed by atoms with Crippen LogP contribution in [0.15, 0.2) is 29.3 Å². The van der Waals surface area contributed by atoms with Gasteiger partial charge in [-0.2, -0.15) is 0 Å². The SMILES string of the molecule is CCNC(=NCc1cccc(NC(=O)C2CCCC2)c1)NCC(C)C.I. The van der Waals surface area contributed by atoms with Gasteiger partial charge in [-0.05, 0) is 43.4 Å². The number of hydrogen-bond acceptors (Lipinski definition) is 2. The van der Waals surface area contributed by atoms with Gasteiger partial charge in [0, 0.05) is 24.7 Å². The van der Waals surface area contributed by atoms with E-state index < -0.39 is 0 Å². The zero-order valence-electron chi connectivity index (χ0n) is 16.2. The zero-order valence-corrected chi connectivity index (χ0v) is 18.5. The van der Waals surface area contributed by atoms with Crippen LogP contribution in [0.25, 0.3) is 0 Å². The van der Waals surface area contributed by atoms with Gasteiger partial charge in [0.15, 0.2) is 5.96 Å². The van der Waals surface area contributed by atoms with Crippen molar-refractivity contribution in [3.05, 3.63) is 29.8 Å². The third kappa shape index (κ3) is 7.93. The molecule has 1 aliphatic rings. The van der Waals surface area contributed by atoms with Gasteiger partial charge in [-0.3, -0.25) is 4.79 Å². The van der Waals surface area contributed by atoms with E-state index in [0.717, 1.165) is 43.1 Å². The van der Waals surface area contributed by atoms with Crippen LogP contribution >= 0.6 is 24.0 Å². The standard InChI is InChI=1S/C20H32N4O.HI/c1-4-21-20(22-13-15(2)3)23-14-16-8-7-11-18(12-16)24-19(25)17-9-5-6-10-17;/h7-8,11-12,15,17H,4-6,9-10,13-14H2,1-3H3,(H,24,25)(H2,21,22,23);1H. The molecule has 1 aliphatic carbocycles. The lowest BCUT2D eigenvalue weighted by atomic mass is 10.1. The third-order valence-electron chi connectivity index (χ3n) is 4.36. The molecule has 26 heavy (non-hydrogen) atoms. The van der Waals surface area contributed by atoms with Gasteiger partial charge in [0.25, 0.3) is 0 Å². The average Bonchev–Trinajstić information content (AvgIpc) is 3.12. The summed E-state index contributed by atoms with van der Waals surface area (Å²) in [5, 5.41) is 9.66. The van der Waals surface area contributed by atoms with E-state index in [9.17, 15) is 4.79 Å². The first-order valence-corrected chi connectivity index (χ1v) is 9.50. The molecule has 1 aromatic carbocycles. The molecule has 146 valence electrons.